The molecule has 1 aliphatic rings. The lowest BCUT2D eigenvalue weighted by Gasteiger charge is -2.28. The Morgan fingerprint density at radius 2 is 1.78 bits per heavy atom. The molecule has 0 radical (unpaired) electrons. The molecule has 27 heavy (non-hydrogen) atoms. The molecule has 1 fully saturated rings. The van der Waals surface area contributed by atoms with Gasteiger partial charge in [0.1, 0.15) is 12.1 Å². The molecule has 0 bridgehead atoms. The van der Waals surface area contributed by atoms with Gasteiger partial charge in [-0.3, -0.25) is 15.0 Å². The maximum atomic E-state index is 12.9. The quantitative estimate of drug-likeness (QED) is 0.415. The van der Waals surface area contributed by atoms with Gasteiger partial charge in [-0.15, -0.1) is 0 Å². The van der Waals surface area contributed by atoms with Crippen LogP contribution in [-0.4, -0.2) is 28.9 Å². The molecule has 1 saturated carbocycles. The first-order chi connectivity index (χ1) is 13.0. The van der Waals surface area contributed by atoms with E-state index in [-0.39, 0.29) is 17.8 Å². The molecule has 0 spiro atoms. The van der Waals surface area contributed by atoms with Crippen molar-refractivity contribution >= 4 is 11.7 Å². The van der Waals surface area contributed by atoms with Crippen LogP contribution >= 0.6 is 0 Å². The van der Waals surface area contributed by atoms with Gasteiger partial charge in [0, 0.05) is 18.7 Å². The van der Waals surface area contributed by atoms with E-state index in [4.69, 9.17) is 4.74 Å². The average molecular weight is 368 g/mol. The van der Waals surface area contributed by atoms with E-state index in [1.807, 2.05) is 42.3 Å². The predicted octanol–water partition coefficient (Wildman–Crippen LogP) is 4.25. The highest BCUT2D eigenvalue weighted by atomic mass is 16.6. The molecule has 0 aliphatic heterocycles. The van der Waals surface area contributed by atoms with Gasteiger partial charge in [-0.1, -0.05) is 42.5 Å². The van der Waals surface area contributed by atoms with Gasteiger partial charge in [0.15, 0.2) is 0 Å². The van der Waals surface area contributed by atoms with Crippen molar-refractivity contribution in [1.82, 2.24) is 4.90 Å². The fourth-order valence-corrected chi connectivity index (χ4v) is 3.54. The molecule has 142 valence electrons. The Labute approximate surface area is 158 Å². The number of non-ortho nitro benzene ring substituents is 1. The Morgan fingerprint density at radius 1 is 1.15 bits per heavy atom. The van der Waals surface area contributed by atoms with E-state index in [0.717, 1.165) is 36.8 Å². The van der Waals surface area contributed by atoms with Gasteiger partial charge in [0.25, 0.3) is 5.69 Å². The molecular weight excluding hydrogens is 344 g/mol. The first-order valence-corrected chi connectivity index (χ1v) is 9.23. The summed E-state index contributed by atoms with van der Waals surface area (Å²) < 4.78 is 5.77. The van der Waals surface area contributed by atoms with Crippen LogP contribution in [0, 0.1) is 10.1 Å². The normalized spacial score (nSPS) is 15.6. The molecule has 0 heterocycles. The topological polar surface area (TPSA) is 72.7 Å². The van der Waals surface area contributed by atoms with Crippen molar-refractivity contribution in [3.8, 4) is 0 Å². The van der Waals surface area contributed by atoms with Crippen molar-refractivity contribution in [2.45, 2.75) is 44.4 Å². The maximum Gasteiger partial charge on any atom is 0.328 e. The summed E-state index contributed by atoms with van der Waals surface area (Å²) in [5, 5.41) is 10.8. The Bertz CT molecular complexity index is 771. The van der Waals surface area contributed by atoms with Crippen LogP contribution in [0.1, 0.15) is 42.9 Å². The maximum absolute atomic E-state index is 12.9. The standard InChI is InChI=1S/C21H24N2O4/c1-22(15-16-11-13-18(14-12-16)23(25)26)20(17-7-3-2-4-8-17)21(24)27-19-9-5-6-10-19/h2-4,7-8,11-14,19-20H,5-6,9-10,15H2,1H3/t20-/m0/s1. The van der Waals surface area contributed by atoms with Gasteiger partial charge in [0.2, 0.25) is 0 Å². The molecule has 0 unspecified atom stereocenters. The van der Waals surface area contributed by atoms with Gasteiger partial charge in [-0.2, -0.15) is 0 Å². The zero-order valence-corrected chi connectivity index (χ0v) is 15.4. The fourth-order valence-electron chi connectivity index (χ4n) is 3.54. The molecule has 3 rings (SSSR count). The summed E-state index contributed by atoms with van der Waals surface area (Å²) in [5.74, 6) is -0.238. The lowest BCUT2D eigenvalue weighted by atomic mass is 10.0. The second-order valence-electron chi connectivity index (χ2n) is 7.00. The summed E-state index contributed by atoms with van der Waals surface area (Å²) in [7, 11) is 1.87. The van der Waals surface area contributed by atoms with Gasteiger partial charge < -0.3 is 4.74 Å². The minimum Gasteiger partial charge on any atom is -0.461 e. The minimum absolute atomic E-state index is 0.0106. The van der Waals surface area contributed by atoms with E-state index in [0.29, 0.717) is 6.54 Å². The predicted molar refractivity (Wildman–Crippen MR) is 102 cm³/mol. The lowest BCUT2D eigenvalue weighted by molar-refractivity contribution is -0.384. The summed E-state index contributed by atoms with van der Waals surface area (Å²) >= 11 is 0. The highest BCUT2D eigenvalue weighted by Gasteiger charge is 2.30. The lowest BCUT2D eigenvalue weighted by Crippen LogP contribution is -2.33. The third kappa shape index (κ3) is 4.92. The summed E-state index contributed by atoms with van der Waals surface area (Å²) in [6.07, 6.45) is 4.08. The summed E-state index contributed by atoms with van der Waals surface area (Å²) in [4.78, 5) is 25.2. The van der Waals surface area contributed by atoms with E-state index in [2.05, 4.69) is 0 Å². The largest absolute Gasteiger partial charge is 0.461 e. The molecule has 2 aromatic carbocycles. The number of nitrogens with zero attached hydrogens (tertiary/aromatic N) is 2. The van der Waals surface area contributed by atoms with Crippen molar-refractivity contribution in [3.63, 3.8) is 0 Å². The van der Waals surface area contributed by atoms with E-state index in [1.54, 1.807) is 12.1 Å². The molecule has 6 nitrogen and oxygen atoms in total. The third-order valence-corrected chi connectivity index (χ3v) is 4.94. The summed E-state index contributed by atoms with van der Waals surface area (Å²) in [5.41, 5.74) is 1.84. The Balaban J connectivity index is 1.76. The van der Waals surface area contributed by atoms with Crippen LogP contribution in [0.5, 0.6) is 0 Å². The number of likely N-dealkylation sites (N-methyl/N-ethyl adjacent to an activating group) is 1. The van der Waals surface area contributed by atoms with Crippen LogP contribution in [-0.2, 0) is 16.1 Å². The first-order valence-electron chi connectivity index (χ1n) is 9.23. The zero-order valence-electron chi connectivity index (χ0n) is 15.4. The van der Waals surface area contributed by atoms with Crippen molar-refractivity contribution in [2.75, 3.05) is 7.05 Å². The Kier molecular flexibility index (Phi) is 6.19. The molecule has 0 amide bonds. The van der Waals surface area contributed by atoms with Gasteiger partial charge in [-0.05, 0) is 43.9 Å². The number of nitro groups is 1. The van der Waals surface area contributed by atoms with Crippen LogP contribution in [0.4, 0.5) is 5.69 Å². The van der Waals surface area contributed by atoms with E-state index in [1.165, 1.54) is 12.1 Å². The van der Waals surface area contributed by atoms with E-state index in [9.17, 15) is 14.9 Å². The third-order valence-electron chi connectivity index (χ3n) is 4.94. The van der Waals surface area contributed by atoms with Gasteiger partial charge in [-0.25, -0.2) is 4.79 Å². The highest BCUT2D eigenvalue weighted by molar-refractivity contribution is 5.77. The number of carbonyl (C=O) groups is 1. The molecule has 0 N–H and O–H groups in total. The van der Waals surface area contributed by atoms with Gasteiger partial charge >= 0.3 is 5.97 Å². The van der Waals surface area contributed by atoms with Gasteiger partial charge in [0.05, 0.1) is 4.92 Å². The molecular formula is C21H24N2O4. The number of esters is 1. The van der Waals surface area contributed by atoms with Crippen LogP contribution < -0.4 is 0 Å². The minimum atomic E-state index is -0.512. The summed E-state index contributed by atoms with van der Waals surface area (Å²) in [6, 6.07) is 15.5. The highest BCUT2D eigenvalue weighted by Crippen LogP contribution is 2.27. The zero-order chi connectivity index (χ0) is 19.2. The monoisotopic (exact) mass is 368 g/mol. The Morgan fingerprint density at radius 3 is 2.37 bits per heavy atom. The summed E-state index contributed by atoms with van der Waals surface area (Å²) in [6.45, 7) is 0.483. The number of hydrogen-bond donors (Lipinski definition) is 0. The molecule has 6 heteroatoms. The van der Waals surface area contributed by atoms with Crippen molar-refractivity contribution in [1.29, 1.82) is 0 Å². The number of rotatable bonds is 7. The van der Waals surface area contributed by atoms with Crippen molar-refractivity contribution in [3.05, 3.63) is 75.8 Å². The average Bonchev–Trinajstić information content (AvgIpc) is 3.16. The second kappa shape index (κ2) is 8.77. The molecule has 2 aromatic rings. The van der Waals surface area contributed by atoms with E-state index < -0.39 is 11.0 Å². The SMILES string of the molecule is CN(Cc1ccc([N+](=O)[O-])cc1)[C@H](C(=O)OC1CCCC1)c1ccccc1. The Hall–Kier alpha value is -2.73. The number of nitro benzene ring substituents is 1. The van der Waals surface area contributed by atoms with Crippen LogP contribution in [0.25, 0.3) is 0 Å². The number of hydrogen-bond acceptors (Lipinski definition) is 5. The number of ether oxygens (including phenoxy) is 1. The van der Waals surface area contributed by atoms with Crippen LogP contribution in [0.15, 0.2) is 54.6 Å². The number of carbonyl (C=O) groups excluding carboxylic acids is 1. The molecule has 1 atom stereocenters. The molecule has 1 aliphatic carbocycles. The van der Waals surface area contributed by atoms with Crippen molar-refractivity contribution in [2.24, 2.45) is 0 Å². The molecule has 0 aromatic heterocycles. The van der Waals surface area contributed by atoms with E-state index >= 15 is 0 Å². The first kappa shape index (κ1) is 19.0. The van der Waals surface area contributed by atoms with Crippen LogP contribution in [0.3, 0.4) is 0 Å². The van der Waals surface area contributed by atoms with Crippen molar-refractivity contribution < 1.29 is 14.5 Å². The smallest absolute Gasteiger partial charge is 0.328 e. The number of benzene rings is 2. The molecule has 0 saturated heterocycles. The van der Waals surface area contributed by atoms with Crippen LogP contribution in [0.2, 0.25) is 0 Å². The second-order valence-corrected chi connectivity index (χ2v) is 7.00. The fraction of sp³-hybridized carbons (Fsp3) is 0.381.